The monoisotopic (exact) mass is 383 g/mol. The quantitative estimate of drug-likeness (QED) is 0.529. The van der Waals surface area contributed by atoms with Gasteiger partial charge in [-0.25, -0.2) is 9.97 Å². The van der Waals surface area contributed by atoms with E-state index in [4.69, 9.17) is 22.1 Å². The summed E-state index contributed by atoms with van der Waals surface area (Å²) in [6, 6.07) is 8.56. The van der Waals surface area contributed by atoms with Crippen LogP contribution in [0.1, 0.15) is 12.8 Å². The van der Waals surface area contributed by atoms with Crippen LogP contribution in [0.2, 0.25) is 5.02 Å². The number of fused-ring (bicyclic) bond motifs is 1. The number of carbonyl (C=O) groups excluding carboxylic acids is 1. The van der Waals surface area contributed by atoms with Crippen molar-refractivity contribution in [1.29, 1.82) is 0 Å². The molecular formula is C16H13ClN4NaO2S. The van der Waals surface area contributed by atoms with Crippen molar-refractivity contribution in [3.05, 3.63) is 35.4 Å². The Balaban J connectivity index is 0.00000182. The molecule has 6 nitrogen and oxygen atoms in total. The second-order valence-corrected chi connectivity index (χ2v) is 6.93. The topological polar surface area (TPSA) is 90.1 Å². The number of aromatic nitrogens is 2. The molecule has 1 aliphatic rings. The minimum atomic E-state index is 0. The van der Waals surface area contributed by atoms with E-state index in [-0.39, 0.29) is 41.4 Å². The Kier molecular flexibility index (Phi) is 5.50. The molecule has 0 unspecified atom stereocenters. The summed E-state index contributed by atoms with van der Waals surface area (Å²) in [5, 5.41) is 3.87. The van der Waals surface area contributed by atoms with Crippen LogP contribution in [0.5, 0.6) is 11.6 Å². The van der Waals surface area contributed by atoms with Gasteiger partial charge in [-0.15, -0.1) is 0 Å². The largest absolute Gasteiger partial charge is 0.439 e. The van der Waals surface area contributed by atoms with Crippen molar-refractivity contribution < 1.29 is 9.53 Å². The van der Waals surface area contributed by atoms with Crippen LogP contribution in [0.25, 0.3) is 10.3 Å². The first-order chi connectivity index (χ1) is 11.6. The van der Waals surface area contributed by atoms with Crippen molar-refractivity contribution in [3.8, 4) is 11.6 Å². The third-order valence-corrected chi connectivity index (χ3v) is 4.82. The summed E-state index contributed by atoms with van der Waals surface area (Å²) >= 11 is 7.22. The van der Waals surface area contributed by atoms with Gasteiger partial charge >= 0.3 is 0 Å². The van der Waals surface area contributed by atoms with Crippen LogP contribution in [-0.4, -0.2) is 45.4 Å². The first-order valence-corrected chi connectivity index (χ1v) is 8.59. The number of thiazole rings is 1. The van der Waals surface area contributed by atoms with Crippen LogP contribution in [0.3, 0.4) is 0 Å². The van der Waals surface area contributed by atoms with Gasteiger partial charge in [0.05, 0.1) is 10.7 Å². The van der Waals surface area contributed by atoms with E-state index < -0.39 is 0 Å². The first kappa shape index (κ1) is 18.4. The van der Waals surface area contributed by atoms with Gasteiger partial charge in [-0.2, -0.15) is 0 Å². The fraction of sp³-hybridized carbons (Fsp3) is 0.188. The molecule has 123 valence electrons. The molecule has 2 aromatic heterocycles. The van der Waals surface area contributed by atoms with Crippen LogP contribution in [0.15, 0.2) is 30.3 Å². The second-order valence-electron chi connectivity index (χ2n) is 5.54. The van der Waals surface area contributed by atoms with E-state index in [9.17, 15) is 4.79 Å². The molecule has 3 aromatic rings. The number of hydrogen-bond donors (Lipinski definition) is 2. The number of nitrogens with zero attached hydrogens (tertiary/aromatic N) is 2. The summed E-state index contributed by atoms with van der Waals surface area (Å²) in [6.45, 7) is 0. The van der Waals surface area contributed by atoms with E-state index in [0.29, 0.717) is 37.8 Å². The second kappa shape index (κ2) is 7.47. The fourth-order valence-corrected chi connectivity index (χ4v) is 3.12. The van der Waals surface area contributed by atoms with Gasteiger partial charge in [-0.05, 0) is 31.0 Å². The maximum absolute atomic E-state index is 11.8. The molecule has 1 aliphatic carbocycles. The summed E-state index contributed by atoms with van der Waals surface area (Å²) in [6.07, 6.45) is 1.91. The number of hydrogen-bond acceptors (Lipinski definition) is 6. The fourth-order valence-electron chi connectivity index (χ4n) is 2.17. The Hall–Kier alpha value is -1.38. The van der Waals surface area contributed by atoms with Crippen molar-refractivity contribution in [1.82, 2.24) is 9.97 Å². The maximum atomic E-state index is 11.8. The SMILES string of the molecule is Nc1cc(Oc2ccc3nc(NC(=O)C4CC4)sc3n2)ccc1Cl.[Na]. The van der Waals surface area contributed by atoms with Crippen LogP contribution in [0.4, 0.5) is 10.8 Å². The Labute approximate surface area is 175 Å². The third kappa shape index (κ3) is 4.24. The van der Waals surface area contributed by atoms with E-state index in [0.717, 1.165) is 12.8 Å². The van der Waals surface area contributed by atoms with Gasteiger partial charge in [0.15, 0.2) is 5.13 Å². The van der Waals surface area contributed by atoms with Crippen LogP contribution >= 0.6 is 22.9 Å². The number of nitrogens with one attached hydrogen (secondary N) is 1. The molecule has 2 heterocycles. The van der Waals surface area contributed by atoms with E-state index in [2.05, 4.69) is 15.3 Å². The average molecular weight is 384 g/mol. The average Bonchev–Trinajstić information content (AvgIpc) is 3.32. The minimum absolute atomic E-state index is 0. The molecule has 0 bridgehead atoms. The van der Waals surface area contributed by atoms with Crippen molar-refractivity contribution in [2.24, 2.45) is 5.92 Å². The standard InChI is InChI=1S/C16H13ClN4O2S.Na/c17-10-4-3-9(7-11(10)18)23-13-6-5-12-15(20-13)24-16(19-12)21-14(22)8-1-2-8;/h3-8H,1-2,18H2,(H,19,21,22);. The Morgan fingerprint density at radius 2 is 2.08 bits per heavy atom. The number of nitrogens with two attached hydrogens (primary N) is 1. The van der Waals surface area contributed by atoms with Gasteiger partial charge in [0.2, 0.25) is 11.8 Å². The molecule has 3 N–H and O–H groups in total. The van der Waals surface area contributed by atoms with Gasteiger partial charge in [-0.1, -0.05) is 22.9 Å². The molecule has 1 aromatic carbocycles. The zero-order chi connectivity index (χ0) is 16.7. The Morgan fingerprint density at radius 1 is 1.28 bits per heavy atom. The zero-order valence-electron chi connectivity index (χ0n) is 13.5. The first-order valence-electron chi connectivity index (χ1n) is 7.40. The van der Waals surface area contributed by atoms with E-state index in [1.165, 1.54) is 11.3 Å². The van der Waals surface area contributed by atoms with Gasteiger partial charge in [0.25, 0.3) is 0 Å². The molecule has 4 rings (SSSR count). The molecule has 0 saturated heterocycles. The molecule has 25 heavy (non-hydrogen) atoms. The van der Waals surface area contributed by atoms with Gasteiger partial charge < -0.3 is 15.8 Å². The number of benzene rings is 1. The molecule has 1 saturated carbocycles. The molecule has 1 fully saturated rings. The predicted octanol–water partition coefficient (Wildman–Crippen LogP) is 3.69. The number of ether oxygens (including phenoxy) is 1. The normalized spacial score (nSPS) is 13.3. The van der Waals surface area contributed by atoms with E-state index in [1.54, 1.807) is 30.3 Å². The molecule has 0 atom stereocenters. The number of anilines is 2. The molecule has 0 aliphatic heterocycles. The third-order valence-electron chi connectivity index (χ3n) is 3.60. The number of rotatable bonds is 4. The molecule has 1 amide bonds. The summed E-state index contributed by atoms with van der Waals surface area (Å²) < 4.78 is 5.70. The number of halogens is 1. The summed E-state index contributed by atoms with van der Waals surface area (Å²) in [5.74, 6) is 1.14. The van der Waals surface area contributed by atoms with E-state index in [1.807, 2.05) is 0 Å². The van der Waals surface area contributed by atoms with Crippen LogP contribution in [0, 0.1) is 5.92 Å². The number of carbonyl (C=O) groups is 1. The van der Waals surface area contributed by atoms with E-state index >= 15 is 0 Å². The van der Waals surface area contributed by atoms with Crippen molar-refractivity contribution in [2.75, 3.05) is 11.1 Å². The summed E-state index contributed by atoms with van der Waals surface area (Å²) in [7, 11) is 0. The van der Waals surface area contributed by atoms with Gasteiger partial charge in [0.1, 0.15) is 16.1 Å². The molecule has 0 spiro atoms. The van der Waals surface area contributed by atoms with Crippen molar-refractivity contribution in [3.63, 3.8) is 0 Å². The summed E-state index contributed by atoms with van der Waals surface area (Å²) in [4.78, 5) is 21.3. The molecular weight excluding hydrogens is 371 g/mol. The van der Waals surface area contributed by atoms with Gasteiger partial charge in [0, 0.05) is 47.6 Å². The smallest absolute Gasteiger partial charge is 0.229 e. The van der Waals surface area contributed by atoms with Crippen LogP contribution in [-0.2, 0) is 4.79 Å². The minimum Gasteiger partial charge on any atom is -0.439 e. The molecule has 9 heteroatoms. The predicted molar refractivity (Wildman–Crippen MR) is 100 cm³/mol. The van der Waals surface area contributed by atoms with Crippen molar-refractivity contribution >= 4 is 79.6 Å². The Bertz CT molecular complexity index is 945. The Morgan fingerprint density at radius 3 is 2.80 bits per heavy atom. The molecule has 1 radical (unpaired) electrons. The number of nitrogen functional groups attached to an aromatic ring is 1. The number of pyridine rings is 1. The van der Waals surface area contributed by atoms with Crippen LogP contribution < -0.4 is 15.8 Å². The van der Waals surface area contributed by atoms with Gasteiger partial charge in [-0.3, -0.25) is 4.79 Å². The zero-order valence-corrected chi connectivity index (χ0v) is 17.0. The maximum Gasteiger partial charge on any atom is 0.229 e. The van der Waals surface area contributed by atoms with Crippen molar-refractivity contribution in [2.45, 2.75) is 12.8 Å². The summed E-state index contributed by atoms with van der Waals surface area (Å²) in [5.41, 5.74) is 6.92. The number of amides is 1.